The van der Waals surface area contributed by atoms with E-state index in [9.17, 15) is 9.59 Å². The molecule has 1 aromatic rings. The van der Waals surface area contributed by atoms with Gasteiger partial charge >= 0.3 is 0 Å². The van der Waals surface area contributed by atoms with Crippen LogP contribution in [0.1, 0.15) is 58.8 Å². The van der Waals surface area contributed by atoms with Crippen LogP contribution in [0.15, 0.2) is 0 Å². The third-order valence-corrected chi connectivity index (χ3v) is 3.64. The number of carbonyl (C=O) groups is 2. The van der Waals surface area contributed by atoms with Gasteiger partial charge in [0.25, 0.3) is 5.91 Å². The van der Waals surface area contributed by atoms with Crippen LogP contribution < -0.4 is 0 Å². The number of aryl methyl sites for hydroxylation is 1. The fourth-order valence-electron chi connectivity index (χ4n) is 2.81. The van der Waals surface area contributed by atoms with Crippen LogP contribution in [0.3, 0.4) is 0 Å². The summed E-state index contributed by atoms with van der Waals surface area (Å²) in [6, 6.07) is 0. The molecule has 1 amide bonds. The SMILES string of the molecule is Cc1c(C(=O)N(C)CC(C)C)[nH]c2c1C(=O)CCC2. The topological polar surface area (TPSA) is 53.2 Å². The van der Waals surface area contributed by atoms with Gasteiger partial charge in [-0.1, -0.05) is 13.8 Å². The Balaban J connectivity index is 2.31. The number of hydrogen-bond donors (Lipinski definition) is 1. The minimum atomic E-state index is -0.0200. The van der Waals surface area contributed by atoms with E-state index in [1.54, 1.807) is 4.90 Å². The molecule has 1 aliphatic rings. The molecule has 0 unspecified atom stereocenters. The van der Waals surface area contributed by atoms with E-state index in [0.29, 0.717) is 18.0 Å². The van der Waals surface area contributed by atoms with Crippen LogP contribution in [0.4, 0.5) is 0 Å². The molecule has 0 aromatic carbocycles. The van der Waals surface area contributed by atoms with Crippen molar-refractivity contribution in [3.8, 4) is 0 Å². The Bertz CT molecular complexity index is 514. The second kappa shape index (κ2) is 5.19. The molecule has 1 aliphatic carbocycles. The van der Waals surface area contributed by atoms with Crippen LogP contribution in [-0.4, -0.2) is 35.2 Å². The van der Waals surface area contributed by atoms with Gasteiger partial charge in [0.1, 0.15) is 5.69 Å². The van der Waals surface area contributed by atoms with Crippen molar-refractivity contribution >= 4 is 11.7 Å². The van der Waals surface area contributed by atoms with Gasteiger partial charge in [-0.2, -0.15) is 0 Å². The molecule has 1 N–H and O–H groups in total. The molecular weight excluding hydrogens is 240 g/mol. The number of rotatable bonds is 3. The predicted molar refractivity (Wildman–Crippen MR) is 74.6 cm³/mol. The number of ketones is 1. The van der Waals surface area contributed by atoms with Crippen LogP contribution in [0, 0.1) is 12.8 Å². The molecule has 4 heteroatoms. The Morgan fingerprint density at radius 3 is 2.63 bits per heavy atom. The molecule has 1 heterocycles. The number of nitrogens with one attached hydrogen (secondary N) is 1. The zero-order valence-corrected chi connectivity index (χ0v) is 12.2. The summed E-state index contributed by atoms with van der Waals surface area (Å²) in [6.07, 6.45) is 2.34. The van der Waals surface area contributed by atoms with Gasteiger partial charge in [-0.05, 0) is 31.2 Å². The van der Waals surface area contributed by atoms with Crippen molar-refractivity contribution in [1.29, 1.82) is 0 Å². The lowest BCUT2D eigenvalue weighted by Gasteiger charge is -2.19. The summed E-state index contributed by atoms with van der Waals surface area (Å²) in [7, 11) is 1.81. The number of nitrogens with zero attached hydrogens (tertiary/aromatic N) is 1. The summed E-state index contributed by atoms with van der Waals surface area (Å²) < 4.78 is 0. The minimum Gasteiger partial charge on any atom is -0.354 e. The van der Waals surface area contributed by atoms with Crippen molar-refractivity contribution in [2.75, 3.05) is 13.6 Å². The molecule has 19 heavy (non-hydrogen) atoms. The zero-order valence-electron chi connectivity index (χ0n) is 12.2. The second-order valence-corrected chi connectivity index (χ2v) is 5.83. The summed E-state index contributed by atoms with van der Waals surface area (Å²) in [5, 5.41) is 0. The summed E-state index contributed by atoms with van der Waals surface area (Å²) in [5.74, 6) is 0.578. The number of H-pyrrole nitrogens is 1. The highest BCUT2D eigenvalue weighted by molar-refractivity contribution is 6.04. The zero-order chi connectivity index (χ0) is 14.2. The summed E-state index contributed by atoms with van der Waals surface area (Å²) in [4.78, 5) is 29.2. The van der Waals surface area contributed by atoms with Crippen LogP contribution in [0.5, 0.6) is 0 Å². The normalized spacial score (nSPS) is 14.7. The van der Waals surface area contributed by atoms with E-state index in [4.69, 9.17) is 0 Å². The third kappa shape index (κ3) is 2.57. The lowest BCUT2D eigenvalue weighted by molar-refractivity contribution is 0.0773. The summed E-state index contributed by atoms with van der Waals surface area (Å²) >= 11 is 0. The van der Waals surface area contributed by atoms with Crippen molar-refractivity contribution in [1.82, 2.24) is 9.88 Å². The van der Waals surface area contributed by atoms with E-state index in [2.05, 4.69) is 18.8 Å². The van der Waals surface area contributed by atoms with Gasteiger partial charge in [-0.3, -0.25) is 9.59 Å². The Morgan fingerprint density at radius 2 is 2.05 bits per heavy atom. The van der Waals surface area contributed by atoms with Crippen LogP contribution in [0.25, 0.3) is 0 Å². The standard InChI is InChI=1S/C15H22N2O2/c1-9(2)8-17(4)15(19)14-10(3)13-11(16-14)6-5-7-12(13)18/h9,16H,5-8H2,1-4H3. The fourth-order valence-corrected chi connectivity index (χ4v) is 2.81. The lowest BCUT2D eigenvalue weighted by Crippen LogP contribution is -2.31. The maximum Gasteiger partial charge on any atom is 0.270 e. The smallest absolute Gasteiger partial charge is 0.270 e. The fraction of sp³-hybridized carbons (Fsp3) is 0.600. The highest BCUT2D eigenvalue weighted by atomic mass is 16.2. The van der Waals surface area contributed by atoms with Gasteiger partial charge in [0.15, 0.2) is 5.78 Å². The Morgan fingerprint density at radius 1 is 1.37 bits per heavy atom. The highest BCUT2D eigenvalue weighted by Gasteiger charge is 2.27. The van der Waals surface area contributed by atoms with Crippen LogP contribution >= 0.6 is 0 Å². The molecule has 104 valence electrons. The van der Waals surface area contributed by atoms with Gasteiger partial charge in [0.2, 0.25) is 0 Å². The minimum absolute atomic E-state index is 0.0200. The van der Waals surface area contributed by atoms with Crippen molar-refractivity contribution in [3.63, 3.8) is 0 Å². The van der Waals surface area contributed by atoms with E-state index in [1.165, 1.54) is 0 Å². The van der Waals surface area contributed by atoms with Crippen molar-refractivity contribution in [3.05, 3.63) is 22.5 Å². The number of Topliss-reactive ketones (excluding diaryl/α,β-unsaturated/α-hetero) is 1. The van der Waals surface area contributed by atoms with E-state index in [1.807, 2.05) is 14.0 Å². The average Bonchev–Trinajstić information content (AvgIpc) is 2.66. The molecule has 2 rings (SSSR count). The average molecular weight is 262 g/mol. The second-order valence-electron chi connectivity index (χ2n) is 5.83. The lowest BCUT2D eigenvalue weighted by atomic mass is 9.94. The van der Waals surface area contributed by atoms with Crippen LogP contribution in [-0.2, 0) is 6.42 Å². The first kappa shape index (κ1) is 13.8. The first-order valence-electron chi connectivity index (χ1n) is 6.92. The maximum absolute atomic E-state index is 12.4. The predicted octanol–water partition coefficient (Wildman–Crippen LogP) is 2.57. The van der Waals surface area contributed by atoms with E-state index in [-0.39, 0.29) is 11.7 Å². The number of aromatic nitrogens is 1. The molecule has 0 radical (unpaired) electrons. The van der Waals surface area contributed by atoms with E-state index in [0.717, 1.165) is 36.2 Å². The maximum atomic E-state index is 12.4. The first-order chi connectivity index (χ1) is 8.91. The van der Waals surface area contributed by atoms with Gasteiger partial charge in [0.05, 0.1) is 0 Å². The molecule has 0 aliphatic heterocycles. The molecule has 0 saturated heterocycles. The van der Waals surface area contributed by atoms with Crippen molar-refractivity contribution in [2.24, 2.45) is 5.92 Å². The molecule has 1 aromatic heterocycles. The van der Waals surface area contributed by atoms with Gasteiger partial charge < -0.3 is 9.88 Å². The van der Waals surface area contributed by atoms with E-state index < -0.39 is 0 Å². The van der Waals surface area contributed by atoms with Crippen molar-refractivity contribution < 1.29 is 9.59 Å². The monoisotopic (exact) mass is 262 g/mol. The highest BCUT2D eigenvalue weighted by Crippen LogP contribution is 2.27. The molecule has 0 saturated carbocycles. The van der Waals surface area contributed by atoms with Gasteiger partial charge in [0, 0.05) is 31.3 Å². The Labute approximate surface area is 114 Å². The number of fused-ring (bicyclic) bond motifs is 1. The molecule has 0 fully saturated rings. The number of hydrogen-bond acceptors (Lipinski definition) is 2. The van der Waals surface area contributed by atoms with Gasteiger partial charge in [-0.15, -0.1) is 0 Å². The first-order valence-corrected chi connectivity index (χ1v) is 6.92. The molecular formula is C15H22N2O2. The number of carbonyl (C=O) groups excluding carboxylic acids is 2. The summed E-state index contributed by atoms with van der Waals surface area (Å²) in [5.41, 5.74) is 3.10. The van der Waals surface area contributed by atoms with Gasteiger partial charge in [-0.25, -0.2) is 0 Å². The number of amides is 1. The third-order valence-electron chi connectivity index (χ3n) is 3.64. The Kier molecular flexibility index (Phi) is 3.78. The molecule has 0 atom stereocenters. The molecule has 0 bridgehead atoms. The molecule has 4 nitrogen and oxygen atoms in total. The molecule has 0 spiro atoms. The number of aromatic amines is 1. The van der Waals surface area contributed by atoms with Crippen LogP contribution in [0.2, 0.25) is 0 Å². The van der Waals surface area contributed by atoms with Crippen molar-refractivity contribution in [2.45, 2.75) is 40.0 Å². The quantitative estimate of drug-likeness (QED) is 0.910. The Hall–Kier alpha value is -1.58. The summed E-state index contributed by atoms with van der Waals surface area (Å²) in [6.45, 7) is 6.75. The largest absolute Gasteiger partial charge is 0.354 e. The van der Waals surface area contributed by atoms with E-state index >= 15 is 0 Å².